The summed E-state index contributed by atoms with van der Waals surface area (Å²) >= 11 is 0. The molecule has 1 saturated carbocycles. The van der Waals surface area contributed by atoms with Crippen LogP contribution in [0.5, 0.6) is 0 Å². The van der Waals surface area contributed by atoms with Crippen molar-refractivity contribution in [2.45, 2.75) is 18.8 Å². The molecule has 0 spiro atoms. The molecule has 1 aliphatic carbocycles. The van der Waals surface area contributed by atoms with Gasteiger partial charge in [-0.15, -0.1) is 0 Å². The van der Waals surface area contributed by atoms with E-state index in [4.69, 9.17) is 5.73 Å². The zero-order valence-electron chi connectivity index (χ0n) is 7.33. The predicted octanol–water partition coefficient (Wildman–Crippen LogP) is 1.32. The molecular formula is C10H14N2. The van der Waals surface area contributed by atoms with Crippen LogP contribution in [0.25, 0.3) is 0 Å². The van der Waals surface area contributed by atoms with E-state index in [2.05, 4.69) is 18.0 Å². The summed E-state index contributed by atoms with van der Waals surface area (Å²) in [5.74, 6) is 0.668. The summed E-state index contributed by atoms with van der Waals surface area (Å²) in [6.45, 7) is 3.06. The lowest BCUT2D eigenvalue weighted by molar-refractivity contribution is 0.663. The molecule has 0 radical (unpaired) electrons. The normalized spacial score (nSPS) is 33.3. The zero-order valence-corrected chi connectivity index (χ0v) is 7.33. The van der Waals surface area contributed by atoms with E-state index in [0.29, 0.717) is 11.3 Å². The van der Waals surface area contributed by atoms with Crippen LogP contribution < -0.4 is 5.73 Å². The van der Waals surface area contributed by atoms with Crippen molar-refractivity contribution in [1.82, 2.24) is 4.98 Å². The van der Waals surface area contributed by atoms with Crippen molar-refractivity contribution in [2.24, 2.45) is 11.7 Å². The number of hydrogen-bond donors (Lipinski definition) is 1. The number of nitrogens with zero attached hydrogens (tertiary/aromatic N) is 1. The predicted molar refractivity (Wildman–Crippen MR) is 48.8 cm³/mol. The van der Waals surface area contributed by atoms with Crippen LogP contribution in [0.15, 0.2) is 24.5 Å². The minimum absolute atomic E-state index is 0.322. The minimum atomic E-state index is 0.322. The highest BCUT2D eigenvalue weighted by atomic mass is 14.7. The molecule has 2 nitrogen and oxygen atoms in total. The maximum atomic E-state index is 5.63. The summed E-state index contributed by atoms with van der Waals surface area (Å²) in [6, 6.07) is 4.13. The second kappa shape index (κ2) is 2.56. The van der Waals surface area contributed by atoms with E-state index < -0.39 is 0 Å². The average molecular weight is 162 g/mol. The average Bonchev–Trinajstić information content (AvgIpc) is 2.81. The van der Waals surface area contributed by atoms with Crippen molar-refractivity contribution in [3.63, 3.8) is 0 Å². The van der Waals surface area contributed by atoms with E-state index in [0.717, 1.165) is 6.54 Å². The largest absolute Gasteiger partial charge is 0.330 e. The van der Waals surface area contributed by atoms with Gasteiger partial charge in [0.15, 0.2) is 0 Å². The van der Waals surface area contributed by atoms with Crippen LogP contribution in [0.3, 0.4) is 0 Å². The molecule has 2 unspecified atom stereocenters. The van der Waals surface area contributed by atoms with Crippen LogP contribution in [0.1, 0.15) is 18.9 Å². The first kappa shape index (κ1) is 7.74. The van der Waals surface area contributed by atoms with Crippen LogP contribution in [0, 0.1) is 5.92 Å². The van der Waals surface area contributed by atoms with Crippen LogP contribution in [-0.4, -0.2) is 11.5 Å². The zero-order chi connectivity index (χ0) is 8.60. The molecule has 0 amide bonds. The number of nitrogens with two attached hydrogens (primary N) is 1. The van der Waals surface area contributed by atoms with Crippen LogP contribution in [0.2, 0.25) is 0 Å². The fraction of sp³-hybridized carbons (Fsp3) is 0.500. The standard InChI is InChI=1S/C10H14N2/c1-10(5-9(10)6-11)8-3-2-4-12-7-8/h2-4,7,9H,5-6,11H2,1H3. The van der Waals surface area contributed by atoms with Crippen molar-refractivity contribution in [2.75, 3.05) is 6.54 Å². The highest BCUT2D eigenvalue weighted by molar-refractivity contribution is 5.29. The van der Waals surface area contributed by atoms with Crippen LogP contribution in [-0.2, 0) is 5.41 Å². The first-order valence-electron chi connectivity index (χ1n) is 4.38. The molecule has 12 heavy (non-hydrogen) atoms. The van der Waals surface area contributed by atoms with Crippen molar-refractivity contribution in [1.29, 1.82) is 0 Å². The Morgan fingerprint density at radius 3 is 3.08 bits per heavy atom. The molecule has 1 aromatic heterocycles. The van der Waals surface area contributed by atoms with Gasteiger partial charge in [0.2, 0.25) is 0 Å². The number of pyridine rings is 1. The topological polar surface area (TPSA) is 38.9 Å². The highest BCUT2D eigenvalue weighted by Crippen LogP contribution is 2.52. The maximum absolute atomic E-state index is 5.63. The lowest BCUT2D eigenvalue weighted by atomic mass is 9.97. The van der Waals surface area contributed by atoms with E-state index in [-0.39, 0.29) is 0 Å². The fourth-order valence-corrected chi connectivity index (χ4v) is 1.85. The molecule has 0 bridgehead atoms. The van der Waals surface area contributed by atoms with Crippen molar-refractivity contribution >= 4 is 0 Å². The number of hydrogen-bond acceptors (Lipinski definition) is 2. The van der Waals surface area contributed by atoms with Gasteiger partial charge in [-0.05, 0) is 35.9 Å². The lowest BCUT2D eigenvalue weighted by Gasteiger charge is -2.09. The first-order valence-corrected chi connectivity index (χ1v) is 4.38. The molecule has 0 saturated heterocycles. The molecule has 1 aliphatic rings. The fourth-order valence-electron chi connectivity index (χ4n) is 1.85. The smallest absolute Gasteiger partial charge is 0.0305 e. The Hall–Kier alpha value is -0.890. The van der Waals surface area contributed by atoms with Gasteiger partial charge in [-0.1, -0.05) is 13.0 Å². The molecule has 2 rings (SSSR count). The van der Waals surface area contributed by atoms with Gasteiger partial charge in [-0.3, -0.25) is 4.98 Å². The Morgan fingerprint density at radius 1 is 1.75 bits per heavy atom. The van der Waals surface area contributed by atoms with Crippen LogP contribution in [0.4, 0.5) is 0 Å². The highest BCUT2D eigenvalue weighted by Gasteiger charge is 2.50. The molecule has 0 aliphatic heterocycles. The summed E-state index contributed by atoms with van der Waals surface area (Å²) in [5, 5.41) is 0. The van der Waals surface area contributed by atoms with Crippen molar-refractivity contribution < 1.29 is 0 Å². The molecule has 1 fully saturated rings. The maximum Gasteiger partial charge on any atom is 0.0305 e. The van der Waals surface area contributed by atoms with E-state index in [1.165, 1.54) is 12.0 Å². The van der Waals surface area contributed by atoms with Crippen LogP contribution >= 0.6 is 0 Å². The Labute approximate surface area is 72.8 Å². The Balaban J connectivity index is 2.23. The Kier molecular flexibility index (Phi) is 1.65. The van der Waals surface area contributed by atoms with Crippen molar-refractivity contribution in [3.8, 4) is 0 Å². The van der Waals surface area contributed by atoms with E-state index in [1.807, 2.05) is 18.5 Å². The SMILES string of the molecule is CC1(c2cccnc2)CC1CN. The third kappa shape index (κ3) is 1.03. The van der Waals surface area contributed by atoms with Gasteiger partial charge in [0, 0.05) is 12.4 Å². The van der Waals surface area contributed by atoms with Crippen molar-refractivity contribution in [3.05, 3.63) is 30.1 Å². The Bertz CT molecular complexity index is 270. The molecule has 64 valence electrons. The molecule has 2 heteroatoms. The monoisotopic (exact) mass is 162 g/mol. The molecule has 0 aromatic carbocycles. The molecule has 1 heterocycles. The van der Waals surface area contributed by atoms with Gasteiger partial charge in [0.1, 0.15) is 0 Å². The van der Waals surface area contributed by atoms with Gasteiger partial charge in [-0.25, -0.2) is 0 Å². The second-order valence-electron chi connectivity index (χ2n) is 3.80. The molecular weight excluding hydrogens is 148 g/mol. The summed E-state index contributed by atoms with van der Waals surface area (Å²) in [4.78, 5) is 4.12. The quantitative estimate of drug-likeness (QED) is 0.712. The molecule has 1 aromatic rings. The Morgan fingerprint density at radius 2 is 2.58 bits per heavy atom. The van der Waals surface area contributed by atoms with Gasteiger partial charge in [0.25, 0.3) is 0 Å². The molecule has 2 atom stereocenters. The third-order valence-electron chi connectivity index (χ3n) is 3.02. The van der Waals surface area contributed by atoms with Gasteiger partial charge in [0.05, 0.1) is 0 Å². The number of aromatic nitrogens is 1. The third-order valence-corrected chi connectivity index (χ3v) is 3.02. The minimum Gasteiger partial charge on any atom is -0.330 e. The summed E-state index contributed by atoms with van der Waals surface area (Å²) < 4.78 is 0. The van der Waals surface area contributed by atoms with E-state index in [9.17, 15) is 0 Å². The lowest BCUT2D eigenvalue weighted by Crippen LogP contribution is -2.11. The first-order chi connectivity index (χ1) is 5.77. The summed E-state index contributed by atoms with van der Waals surface area (Å²) in [6.07, 6.45) is 4.98. The van der Waals surface area contributed by atoms with Gasteiger partial charge >= 0.3 is 0 Å². The van der Waals surface area contributed by atoms with Gasteiger partial charge < -0.3 is 5.73 Å². The van der Waals surface area contributed by atoms with Gasteiger partial charge in [-0.2, -0.15) is 0 Å². The van der Waals surface area contributed by atoms with E-state index in [1.54, 1.807) is 0 Å². The second-order valence-corrected chi connectivity index (χ2v) is 3.80. The summed E-state index contributed by atoms with van der Waals surface area (Å²) in [5.41, 5.74) is 7.28. The van der Waals surface area contributed by atoms with E-state index >= 15 is 0 Å². The number of rotatable bonds is 2. The summed E-state index contributed by atoms with van der Waals surface area (Å²) in [7, 11) is 0. The molecule has 2 N–H and O–H groups in total.